The van der Waals surface area contributed by atoms with E-state index in [4.69, 9.17) is 11.5 Å². The van der Waals surface area contributed by atoms with Crippen molar-refractivity contribution in [3.8, 4) is 0 Å². The molecule has 0 atom stereocenters. The lowest BCUT2D eigenvalue weighted by molar-refractivity contribution is 0.291. The van der Waals surface area contributed by atoms with Crippen LogP contribution in [0.1, 0.15) is 36.1 Å². The SMILES string of the molecule is Cc1cc2c(cc1C)C(C)(C)C(N)(N)C2. The highest BCUT2D eigenvalue weighted by atomic mass is 15.0. The van der Waals surface area contributed by atoms with Crippen molar-refractivity contribution in [1.29, 1.82) is 0 Å². The van der Waals surface area contributed by atoms with Crippen molar-refractivity contribution in [2.24, 2.45) is 11.5 Å². The average molecular weight is 204 g/mol. The molecule has 0 radical (unpaired) electrons. The van der Waals surface area contributed by atoms with E-state index in [0.29, 0.717) is 0 Å². The number of nitrogens with two attached hydrogens (primary N) is 2. The Morgan fingerprint density at radius 3 is 2.20 bits per heavy atom. The van der Waals surface area contributed by atoms with E-state index < -0.39 is 5.66 Å². The Hall–Kier alpha value is -0.860. The summed E-state index contributed by atoms with van der Waals surface area (Å²) in [5.41, 5.74) is 16.9. The van der Waals surface area contributed by atoms with E-state index >= 15 is 0 Å². The third kappa shape index (κ3) is 1.32. The molecule has 0 aromatic heterocycles. The van der Waals surface area contributed by atoms with Crippen molar-refractivity contribution in [2.75, 3.05) is 0 Å². The Bertz CT molecular complexity index is 417. The minimum absolute atomic E-state index is 0.138. The van der Waals surface area contributed by atoms with Crippen molar-refractivity contribution in [1.82, 2.24) is 0 Å². The lowest BCUT2D eigenvalue weighted by Crippen LogP contribution is -2.60. The van der Waals surface area contributed by atoms with Gasteiger partial charge in [-0.05, 0) is 36.1 Å². The van der Waals surface area contributed by atoms with Gasteiger partial charge in [-0.25, -0.2) is 0 Å². The van der Waals surface area contributed by atoms with Crippen LogP contribution in [0.15, 0.2) is 12.1 Å². The predicted molar refractivity (Wildman–Crippen MR) is 63.8 cm³/mol. The van der Waals surface area contributed by atoms with Crippen LogP contribution in [0.3, 0.4) is 0 Å². The topological polar surface area (TPSA) is 52.0 Å². The summed E-state index contributed by atoms with van der Waals surface area (Å²) in [4.78, 5) is 0. The first-order chi connectivity index (χ1) is 6.75. The van der Waals surface area contributed by atoms with Crippen molar-refractivity contribution in [3.63, 3.8) is 0 Å². The minimum atomic E-state index is -0.616. The van der Waals surface area contributed by atoms with Gasteiger partial charge < -0.3 is 11.5 Å². The molecule has 0 fully saturated rings. The molecule has 1 aliphatic rings. The fourth-order valence-corrected chi connectivity index (χ4v) is 2.39. The zero-order chi connectivity index (χ0) is 11.4. The summed E-state index contributed by atoms with van der Waals surface area (Å²) in [6, 6.07) is 4.47. The predicted octanol–water partition coefficient (Wildman–Crippen LogP) is 1.75. The Labute approximate surface area is 91.7 Å². The van der Waals surface area contributed by atoms with Gasteiger partial charge >= 0.3 is 0 Å². The molecule has 4 N–H and O–H groups in total. The van der Waals surface area contributed by atoms with Crippen LogP contribution in [0.25, 0.3) is 0 Å². The lowest BCUT2D eigenvalue weighted by atomic mass is 9.79. The van der Waals surface area contributed by atoms with E-state index in [9.17, 15) is 0 Å². The Balaban J connectivity index is 2.65. The van der Waals surface area contributed by atoms with Crippen LogP contribution in [-0.2, 0) is 11.8 Å². The Morgan fingerprint density at radius 2 is 1.60 bits per heavy atom. The van der Waals surface area contributed by atoms with Crippen LogP contribution in [0.4, 0.5) is 0 Å². The Kier molecular flexibility index (Phi) is 2.01. The average Bonchev–Trinajstić information content (AvgIpc) is 2.24. The Morgan fingerprint density at radius 1 is 1.07 bits per heavy atom. The van der Waals surface area contributed by atoms with Crippen LogP contribution >= 0.6 is 0 Å². The molecule has 2 nitrogen and oxygen atoms in total. The van der Waals surface area contributed by atoms with Crippen molar-refractivity contribution in [2.45, 2.75) is 45.2 Å². The maximum Gasteiger partial charge on any atom is 0.0771 e. The number of hydrogen-bond donors (Lipinski definition) is 2. The molecule has 2 rings (SSSR count). The normalized spacial score (nSPS) is 21.5. The first-order valence-electron chi connectivity index (χ1n) is 5.44. The summed E-state index contributed by atoms with van der Waals surface area (Å²) in [5.74, 6) is 0. The number of aryl methyl sites for hydroxylation is 2. The highest BCUT2D eigenvalue weighted by molar-refractivity contribution is 5.48. The van der Waals surface area contributed by atoms with E-state index in [-0.39, 0.29) is 5.41 Å². The first kappa shape index (κ1) is 10.7. The fourth-order valence-electron chi connectivity index (χ4n) is 2.39. The second kappa shape index (κ2) is 2.83. The molecule has 0 spiro atoms. The summed E-state index contributed by atoms with van der Waals surface area (Å²) >= 11 is 0. The van der Waals surface area contributed by atoms with E-state index in [0.717, 1.165) is 6.42 Å². The van der Waals surface area contributed by atoms with Crippen molar-refractivity contribution in [3.05, 3.63) is 34.4 Å². The highest BCUT2D eigenvalue weighted by Gasteiger charge is 2.46. The van der Waals surface area contributed by atoms with E-state index in [2.05, 4.69) is 39.8 Å². The summed E-state index contributed by atoms with van der Waals surface area (Å²) in [6.45, 7) is 8.54. The van der Waals surface area contributed by atoms with Crippen LogP contribution in [0, 0.1) is 13.8 Å². The minimum Gasteiger partial charge on any atom is -0.312 e. The van der Waals surface area contributed by atoms with Gasteiger partial charge in [-0.1, -0.05) is 26.0 Å². The largest absolute Gasteiger partial charge is 0.312 e. The first-order valence-corrected chi connectivity index (χ1v) is 5.44. The summed E-state index contributed by atoms with van der Waals surface area (Å²) < 4.78 is 0. The molecule has 15 heavy (non-hydrogen) atoms. The van der Waals surface area contributed by atoms with Crippen LogP contribution in [-0.4, -0.2) is 5.66 Å². The summed E-state index contributed by atoms with van der Waals surface area (Å²) in [6.07, 6.45) is 0.774. The monoisotopic (exact) mass is 204 g/mol. The molecule has 0 amide bonds. The maximum absolute atomic E-state index is 6.18. The molecule has 1 aromatic carbocycles. The number of benzene rings is 1. The third-order valence-corrected chi connectivity index (χ3v) is 4.04. The van der Waals surface area contributed by atoms with Gasteiger partial charge in [-0.2, -0.15) is 0 Å². The van der Waals surface area contributed by atoms with Crippen LogP contribution in [0.5, 0.6) is 0 Å². The molecule has 0 heterocycles. The van der Waals surface area contributed by atoms with E-state index in [1.54, 1.807) is 0 Å². The molecule has 0 unspecified atom stereocenters. The molecule has 2 heteroatoms. The highest BCUT2D eigenvalue weighted by Crippen LogP contribution is 2.42. The fraction of sp³-hybridized carbons (Fsp3) is 0.538. The summed E-state index contributed by atoms with van der Waals surface area (Å²) in [5, 5.41) is 0. The molecular weight excluding hydrogens is 184 g/mol. The molecular formula is C13H20N2. The van der Waals surface area contributed by atoms with E-state index in [1.807, 2.05) is 0 Å². The van der Waals surface area contributed by atoms with Gasteiger partial charge in [-0.3, -0.25) is 0 Å². The van der Waals surface area contributed by atoms with Crippen molar-refractivity contribution < 1.29 is 0 Å². The molecule has 0 aliphatic heterocycles. The zero-order valence-corrected chi connectivity index (χ0v) is 10.0. The number of rotatable bonds is 0. The molecule has 1 aliphatic carbocycles. The van der Waals surface area contributed by atoms with Crippen molar-refractivity contribution >= 4 is 0 Å². The lowest BCUT2D eigenvalue weighted by Gasteiger charge is -2.35. The van der Waals surface area contributed by atoms with E-state index in [1.165, 1.54) is 22.3 Å². The zero-order valence-electron chi connectivity index (χ0n) is 10.0. The standard InChI is InChI=1S/C13H20N2/c1-8-5-10-7-13(14,15)12(3,4)11(10)6-9(8)2/h5-6H,7,14-15H2,1-4H3. The van der Waals surface area contributed by atoms with Gasteiger partial charge in [0.2, 0.25) is 0 Å². The molecule has 0 saturated carbocycles. The van der Waals surface area contributed by atoms with Gasteiger partial charge in [-0.15, -0.1) is 0 Å². The number of fused-ring (bicyclic) bond motifs is 1. The van der Waals surface area contributed by atoms with Crippen LogP contribution in [0.2, 0.25) is 0 Å². The van der Waals surface area contributed by atoms with Gasteiger partial charge in [0.05, 0.1) is 5.66 Å². The molecule has 82 valence electrons. The smallest absolute Gasteiger partial charge is 0.0771 e. The maximum atomic E-state index is 6.18. The second-order valence-corrected chi connectivity index (χ2v) is 5.44. The molecule has 0 saturated heterocycles. The number of hydrogen-bond acceptors (Lipinski definition) is 2. The van der Waals surface area contributed by atoms with Gasteiger partial charge in [0.1, 0.15) is 0 Å². The second-order valence-electron chi connectivity index (χ2n) is 5.44. The quantitative estimate of drug-likeness (QED) is 0.633. The van der Waals surface area contributed by atoms with Crippen LogP contribution < -0.4 is 11.5 Å². The van der Waals surface area contributed by atoms with Gasteiger partial charge in [0, 0.05) is 11.8 Å². The van der Waals surface area contributed by atoms with Gasteiger partial charge in [0.15, 0.2) is 0 Å². The summed E-state index contributed by atoms with van der Waals surface area (Å²) in [7, 11) is 0. The third-order valence-electron chi connectivity index (χ3n) is 4.04. The molecule has 1 aromatic rings. The molecule has 0 bridgehead atoms. The van der Waals surface area contributed by atoms with Gasteiger partial charge in [0.25, 0.3) is 0 Å².